The molecular formula is C54H83NO14Y-2. The molecule has 0 spiro atoms. The number of carbonyl (C=O) groups excluding carboxylic acids is 5. The number of aliphatic hydroxyl groups excluding tert-OH is 1. The third-order valence-corrected chi connectivity index (χ3v) is 15.2. The largest absolute Gasteiger partial charge is 0.460 e. The van der Waals surface area contributed by atoms with Crippen LogP contribution in [0.2, 0.25) is 0 Å². The van der Waals surface area contributed by atoms with Crippen LogP contribution in [0, 0.1) is 49.9 Å². The zero-order valence-corrected chi connectivity index (χ0v) is 46.2. The Labute approximate surface area is 443 Å². The minimum absolute atomic E-state index is 0. The molecule has 4 fully saturated rings. The molecule has 0 aromatic heterocycles. The zero-order chi connectivity index (χ0) is 49.7. The summed E-state index contributed by atoms with van der Waals surface area (Å²) in [6, 6.07) is -1.11. The van der Waals surface area contributed by atoms with Gasteiger partial charge in [0, 0.05) is 97.6 Å². The molecule has 4 aliphatic heterocycles. The van der Waals surface area contributed by atoms with E-state index in [4.69, 9.17) is 33.2 Å². The van der Waals surface area contributed by atoms with Gasteiger partial charge in [-0.3, -0.25) is 19.2 Å². The molecule has 1 saturated carbocycles. The Kier molecular flexibility index (Phi) is 26.2. The van der Waals surface area contributed by atoms with Crippen LogP contribution >= 0.6 is 0 Å². The summed E-state index contributed by atoms with van der Waals surface area (Å²) in [6.07, 6.45) is 12.8. The van der Waals surface area contributed by atoms with E-state index < -0.39 is 71.8 Å². The van der Waals surface area contributed by atoms with Crippen molar-refractivity contribution in [3.05, 3.63) is 62.0 Å². The third kappa shape index (κ3) is 15.6. The van der Waals surface area contributed by atoms with Crippen molar-refractivity contribution in [1.29, 1.82) is 0 Å². The molecule has 3 saturated heterocycles. The summed E-state index contributed by atoms with van der Waals surface area (Å²) in [5.74, 6) is -7.31. The van der Waals surface area contributed by atoms with E-state index in [1.165, 1.54) is 12.0 Å². The maximum Gasteiger partial charge on any atom is 0.329 e. The summed E-state index contributed by atoms with van der Waals surface area (Å²) in [5, 5.41) is 21.5. The fourth-order valence-corrected chi connectivity index (χ4v) is 11.4. The fraction of sp³-hybridized carbons (Fsp3) is 0.722. The molecule has 16 heteroatoms. The van der Waals surface area contributed by atoms with Gasteiger partial charge in [-0.15, -0.1) is 0 Å². The van der Waals surface area contributed by atoms with Gasteiger partial charge in [0.15, 0.2) is 5.78 Å². The number of carbonyl (C=O) groups is 5. The minimum atomic E-state index is -2.43. The molecule has 70 heavy (non-hydrogen) atoms. The van der Waals surface area contributed by atoms with Crippen molar-refractivity contribution in [2.24, 2.45) is 35.5 Å². The molecule has 15 atom stereocenters. The number of piperidine rings is 1. The number of hydrogen-bond acceptors (Lipinski definition) is 14. The van der Waals surface area contributed by atoms with Gasteiger partial charge in [-0.25, -0.2) is 4.79 Å². The van der Waals surface area contributed by atoms with Crippen LogP contribution < -0.4 is 0 Å². The number of fused-ring (bicyclic) bond motifs is 4. The van der Waals surface area contributed by atoms with Crippen molar-refractivity contribution in [3.8, 4) is 0 Å². The molecule has 5 aliphatic rings. The van der Waals surface area contributed by atoms with Crippen molar-refractivity contribution >= 4 is 29.2 Å². The summed E-state index contributed by atoms with van der Waals surface area (Å²) in [5.41, 5.74) is 1.52. The molecule has 1 amide bonds. The first-order valence-corrected chi connectivity index (χ1v) is 24.9. The van der Waals surface area contributed by atoms with Crippen molar-refractivity contribution < 1.29 is 100 Å². The van der Waals surface area contributed by atoms with Gasteiger partial charge >= 0.3 is 5.97 Å². The van der Waals surface area contributed by atoms with Crippen LogP contribution in [0.15, 0.2) is 47.6 Å². The van der Waals surface area contributed by atoms with Gasteiger partial charge in [-0.05, 0) is 101 Å². The van der Waals surface area contributed by atoms with Gasteiger partial charge in [0.1, 0.15) is 30.1 Å². The number of ether oxygens (including phenoxy) is 7. The van der Waals surface area contributed by atoms with E-state index in [9.17, 15) is 34.2 Å². The third-order valence-electron chi connectivity index (χ3n) is 15.2. The number of Topliss-reactive ketones (excluding diaryl/α,β-unsaturated/α-hetero) is 3. The predicted octanol–water partition coefficient (Wildman–Crippen LogP) is 6.48. The SMILES string of the molecule is [CH2-]CO[C@@H]1/C(C)=C/CC(=O)C[C@@H]2OC(=O)[C@@H]3C(CCCN3C(=O)C(=O)[C@]3(O)O[C@@H](CC[C@H]3C)C[C@H](OC)C(C)=C/C=C/C=C/[C@@H](C)C[C@@H](C)C(=O)[C@@H]1OC)[C@@H]2C[C@@H]1CC[C@@H](OCCO)[C@H](OC)C1.[CH3-].[Y]. The average Bonchev–Trinajstić information content (AvgIpc) is 3.32. The predicted molar refractivity (Wildman–Crippen MR) is 260 cm³/mol. The minimum Gasteiger partial charge on any atom is -0.460 e. The van der Waals surface area contributed by atoms with Gasteiger partial charge in [-0.1, -0.05) is 63.8 Å². The van der Waals surface area contributed by atoms with Gasteiger partial charge in [0.05, 0.1) is 37.6 Å². The van der Waals surface area contributed by atoms with Crippen molar-refractivity contribution in [1.82, 2.24) is 4.90 Å². The van der Waals surface area contributed by atoms with E-state index in [1.54, 1.807) is 34.1 Å². The molecule has 1 radical (unpaired) electrons. The number of aliphatic hydroxyl groups is 2. The first kappa shape index (κ1) is 62.0. The molecule has 2 N–H and O–H groups in total. The van der Waals surface area contributed by atoms with Crippen LogP contribution in [0.1, 0.15) is 112 Å². The van der Waals surface area contributed by atoms with Crippen LogP contribution in [-0.2, 0) is 89.8 Å². The molecule has 0 aromatic carbocycles. The van der Waals surface area contributed by atoms with Crippen molar-refractivity contribution in [2.45, 2.75) is 166 Å². The Balaban J connectivity index is 0.00000648. The first-order valence-electron chi connectivity index (χ1n) is 24.9. The fourth-order valence-electron chi connectivity index (χ4n) is 11.4. The van der Waals surface area contributed by atoms with E-state index in [0.717, 1.165) is 12.0 Å². The molecule has 4 bridgehead atoms. The normalized spacial score (nSPS) is 38.3. The summed E-state index contributed by atoms with van der Waals surface area (Å²) < 4.78 is 41.9. The van der Waals surface area contributed by atoms with Crippen LogP contribution in [0.3, 0.4) is 0 Å². The smallest absolute Gasteiger partial charge is 0.329 e. The summed E-state index contributed by atoms with van der Waals surface area (Å²) in [6.45, 7) is 13.5. The molecule has 393 valence electrons. The van der Waals surface area contributed by atoms with Gasteiger partial charge < -0.3 is 62.6 Å². The van der Waals surface area contributed by atoms with Crippen LogP contribution in [0.4, 0.5) is 0 Å². The van der Waals surface area contributed by atoms with Crippen LogP contribution in [0.5, 0.6) is 0 Å². The Morgan fingerprint density at radius 3 is 2.27 bits per heavy atom. The Hall–Kier alpha value is -2.31. The van der Waals surface area contributed by atoms with Crippen LogP contribution in [0.25, 0.3) is 0 Å². The molecule has 1 unspecified atom stereocenters. The quantitative estimate of drug-likeness (QED) is 0.105. The first-order chi connectivity index (χ1) is 32.5. The standard InChI is InChI=1S/C53H80NO14.CH3.Y/c1-10-65-48-34(4)18-21-38(56)30-44-41(28-37-20-23-42(66-26-25-55)45(29-37)63-8)40-17-14-24-54(46(40)52(60)67-44)51(59)50(58)53(61)36(6)19-22-39(68-53)31-43(62-7)33(3)16-13-11-12-15-32(2)27-35(5)47(57)49(48)64-9;;/h11-13,15-16,18,32,35-37,39-46,48-49,55,61H,1,10,14,17,19-31H2,2-9H3;1H3;/q2*-1;/b13-11+,15-12+,33-16?,34-18+;;/t32-,35-,36-,37+,39+,40?,41+,42-,43+,44+,45-,46+,48-,49+,53-;;/m1../s1. The second-order valence-corrected chi connectivity index (χ2v) is 20.0. The molecule has 15 nitrogen and oxygen atoms in total. The van der Waals surface area contributed by atoms with E-state index in [2.05, 4.69) is 6.92 Å². The molecular weight excluding hydrogens is 975 g/mol. The van der Waals surface area contributed by atoms with Gasteiger partial charge in [0.25, 0.3) is 11.7 Å². The maximum atomic E-state index is 14.5. The summed E-state index contributed by atoms with van der Waals surface area (Å²) >= 11 is 0. The zero-order valence-electron chi connectivity index (χ0n) is 43.4. The Morgan fingerprint density at radius 1 is 0.857 bits per heavy atom. The van der Waals surface area contributed by atoms with Crippen molar-refractivity contribution in [3.63, 3.8) is 0 Å². The average molecular weight is 1060 g/mol. The molecule has 0 aromatic rings. The summed E-state index contributed by atoms with van der Waals surface area (Å²) in [7, 11) is 4.69. The maximum absolute atomic E-state index is 14.5. The number of ketones is 3. The van der Waals surface area contributed by atoms with E-state index >= 15 is 0 Å². The number of nitrogens with zero attached hydrogens (tertiary/aromatic N) is 1. The number of esters is 1. The number of hydrogen-bond donors (Lipinski definition) is 2. The van der Waals surface area contributed by atoms with E-state index in [-0.39, 0.29) is 127 Å². The molecule has 1 aliphatic carbocycles. The van der Waals surface area contributed by atoms with Crippen LogP contribution in [-0.4, -0.2) is 147 Å². The number of rotatable bonds is 10. The summed E-state index contributed by atoms with van der Waals surface area (Å²) in [4.78, 5) is 72.6. The molecule has 4 heterocycles. The van der Waals surface area contributed by atoms with Gasteiger partial charge in [-0.2, -0.15) is 0 Å². The van der Waals surface area contributed by atoms with E-state index in [1.807, 2.05) is 51.2 Å². The van der Waals surface area contributed by atoms with E-state index in [0.29, 0.717) is 63.4 Å². The van der Waals surface area contributed by atoms with Gasteiger partial charge in [0.2, 0.25) is 5.79 Å². The molecule has 5 rings (SSSR count). The second-order valence-electron chi connectivity index (χ2n) is 20.0. The number of amides is 1. The Bertz CT molecular complexity index is 1850. The Morgan fingerprint density at radius 2 is 1.60 bits per heavy atom. The topological polar surface area (TPSA) is 194 Å². The monoisotopic (exact) mass is 1060 g/mol. The number of allylic oxidation sites excluding steroid dienone is 6. The second kappa shape index (κ2) is 29.5. The number of methoxy groups -OCH3 is 3. The van der Waals surface area contributed by atoms with Crippen molar-refractivity contribution in [2.75, 3.05) is 47.7 Å².